The van der Waals surface area contributed by atoms with Gasteiger partial charge in [-0.05, 0) is 25.0 Å². The SMILES string of the molecule is Cc1ccc(NCCCNC(=O)[C@@H](O)c2cnn(C)c2)c([N+](=O)[O-])c1. The molecular formula is C16H21N5O4. The first-order valence-electron chi connectivity index (χ1n) is 7.81. The highest BCUT2D eigenvalue weighted by molar-refractivity contribution is 5.81. The molecule has 2 aromatic rings. The number of nitrogens with zero attached hydrogens (tertiary/aromatic N) is 3. The van der Waals surface area contributed by atoms with Gasteiger partial charge >= 0.3 is 0 Å². The molecule has 3 N–H and O–H groups in total. The summed E-state index contributed by atoms with van der Waals surface area (Å²) in [4.78, 5) is 22.5. The maximum absolute atomic E-state index is 11.9. The molecule has 0 unspecified atom stereocenters. The van der Waals surface area contributed by atoms with Crippen molar-refractivity contribution in [1.82, 2.24) is 15.1 Å². The van der Waals surface area contributed by atoms with Crippen LogP contribution < -0.4 is 10.6 Å². The van der Waals surface area contributed by atoms with Crippen LogP contribution in [0.1, 0.15) is 23.7 Å². The number of nitro groups is 1. The molecule has 1 aromatic heterocycles. The second-order valence-electron chi connectivity index (χ2n) is 5.70. The van der Waals surface area contributed by atoms with Crippen LogP contribution in [0, 0.1) is 17.0 Å². The van der Waals surface area contributed by atoms with Crippen LogP contribution in [0.25, 0.3) is 0 Å². The van der Waals surface area contributed by atoms with Crippen molar-refractivity contribution >= 4 is 17.3 Å². The standard InChI is InChI=1S/C16H21N5O4/c1-11-4-5-13(14(8-11)21(24)25)17-6-3-7-18-16(23)15(22)12-9-19-20(2)10-12/h4-5,8-10,15,17,22H,3,6-7H2,1-2H3,(H,18,23)/t15-/m0/s1. The van der Waals surface area contributed by atoms with E-state index in [9.17, 15) is 20.0 Å². The molecule has 0 aliphatic carbocycles. The number of benzene rings is 1. The fourth-order valence-corrected chi connectivity index (χ4v) is 2.29. The van der Waals surface area contributed by atoms with Crippen molar-refractivity contribution in [3.8, 4) is 0 Å². The minimum absolute atomic E-state index is 0.0241. The van der Waals surface area contributed by atoms with Gasteiger partial charge in [0.15, 0.2) is 6.10 Å². The molecule has 2 rings (SSSR count). The molecule has 0 radical (unpaired) electrons. The number of aryl methyl sites for hydroxylation is 2. The van der Waals surface area contributed by atoms with E-state index in [0.717, 1.165) is 5.56 Å². The van der Waals surface area contributed by atoms with E-state index in [0.29, 0.717) is 30.8 Å². The minimum atomic E-state index is -1.26. The number of aliphatic hydroxyl groups is 1. The minimum Gasteiger partial charge on any atom is -0.379 e. The van der Waals surface area contributed by atoms with E-state index in [1.807, 2.05) is 0 Å². The second kappa shape index (κ2) is 8.25. The van der Waals surface area contributed by atoms with Crippen LogP contribution in [-0.2, 0) is 11.8 Å². The highest BCUT2D eigenvalue weighted by atomic mass is 16.6. The first-order chi connectivity index (χ1) is 11.9. The molecule has 0 aliphatic rings. The van der Waals surface area contributed by atoms with Crippen molar-refractivity contribution in [2.75, 3.05) is 18.4 Å². The van der Waals surface area contributed by atoms with Gasteiger partial charge in [-0.25, -0.2) is 0 Å². The van der Waals surface area contributed by atoms with Gasteiger partial charge < -0.3 is 15.7 Å². The monoisotopic (exact) mass is 347 g/mol. The topological polar surface area (TPSA) is 122 Å². The van der Waals surface area contributed by atoms with E-state index in [4.69, 9.17) is 0 Å². The number of rotatable bonds is 8. The fraction of sp³-hybridized carbons (Fsp3) is 0.375. The Morgan fingerprint density at radius 2 is 2.20 bits per heavy atom. The molecule has 0 saturated heterocycles. The lowest BCUT2D eigenvalue weighted by molar-refractivity contribution is -0.384. The van der Waals surface area contributed by atoms with Crippen LogP contribution in [0.4, 0.5) is 11.4 Å². The highest BCUT2D eigenvalue weighted by Gasteiger charge is 2.18. The summed E-state index contributed by atoms with van der Waals surface area (Å²) in [5, 5.41) is 30.5. The predicted octanol–water partition coefficient (Wildman–Crippen LogP) is 1.29. The van der Waals surface area contributed by atoms with Crippen LogP contribution in [-0.4, -0.2) is 38.8 Å². The predicted molar refractivity (Wildman–Crippen MR) is 92.1 cm³/mol. The smallest absolute Gasteiger partial charge is 0.292 e. The molecule has 0 spiro atoms. The first kappa shape index (κ1) is 18.4. The van der Waals surface area contributed by atoms with Crippen LogP contribution in [0.15, 0.2) is 30.6 Å². The number of amides is 1. The molecule has 0 fully saturated rings. The van der Waals surface area contributed by atoms with Crippen molar-refractivity contribution in [1.29, 1.82) is 0 Å². The molecule has 25 heavy (non-hydrogen) atoms. The lowest BCUT2D eigenvalue weighted by Crippen LogP contribution is -2.30. The van der Waals surface area contributed by atoms with Crippen LogP contribution in [0.5, 0.6) is 0 Å². The molecule has 9 heteroatoms. The molecule has 1 amide bonds. The zero-order valence-corrected chi connectivity index (χ0v) is 14.1. The quantitative estimate of drug-likeness (QED) is 0.376. The van der Waals surface area contributed by atoms with Crippen LogP contribution >= 0.6 is 0 Å². The second-order valence-corrected chi connectivity index (χ2v) is 5.70. The Morgan fingerprint density at radius 1 is 1.44 bits per heavy atom. The van der Waals surface area contributed by atoms with Gasteiger partial charge in [-0.1, -0.05) is 6.07 Å². The Kier molecular flexibility index (Phi) is 6.07. The Labute approximate surface area is 144 Å². The fourth-order valence-electron chi connectivity index (χ4n) is 2.29. The summed E-state index contributed by atoms with van der Waals surface area (Å²) in [5.74, 6) is -0.505. The lowest BCUT2D eigenvalue weighted by atomic mass is 10.2. The van der Waals surface area contributed by atoms with Gasteiger partial charge in [0, 0.05) is 38.0 Å². The zero-order chi connectivity index (χ0) is 18.4. The van der Waals surface area contributed by atoms with Gasteiger partial charge in [-0.15, -0.1) is 0 Å². The first-order valence-corrected chi connectivity index (χ1v) is 7.81. The van der Waals surface area contributed by atoms with Crippen LogP contribution in [0.2, 0.25) is 0 Å². The number of anilines is 1. The van der Waals surface area contributed by atoms with Gasteiger partial charge in [0.2, 0.25) is 0 Å². The van der Waals surface area contributed by atoms with Gasteiger partial charge in [-0.3, -0.25) is 19.6 Å². The number of hydrogen-bond donors (Lipinski definition) is 3. The molecule has 0 saturated carbocycles. The summed E-state index contributed by atoms with van der Waals surface area (Å²) < 4.78 is 1.50. The number of carbonyl (C=O) groups excluding carboxylic acids is 1. The van der Waals surface area contributed by atoms with Crippen molar-refractivity contribution in [3.63, 3.8) is 0 Å². The van der Waals surface area contributed by atoms with Crippen molar-refractivity contribution in [3.05, 3.63) is 51.8 Å². The number of aromatic nitrogens is 2. The number of hydrogen-bond acceptors (Lipinski definition) is 6. The Morgan fingerprint density at radius 3 is 2.84 bits per heavy atom. The molecule has 1 heterocycles. The summed E-state index contributed by atoms with van der Waals surface area (Å²) >= 11 is 0. The number of nitro benzene ring substituents is 1. The Bertz CT molecular complexity index is 759. The summed E-state index contributed by atoms with van der Waals surface area (Å²) in [6, 6.07) is 4.97. The number of aliphatic hydroxyl groups excluding tert-OH is 1. The van der Waals surface area contributed by atoms with E-state index in [1.54, 1.807) is 32.3 Å². The lowest BCUT2D eigenvalue weighted by Gasteiger charge is -2.11. The third-order valence-electron chi connectivity index (χ3n) is 3.61. The average Bonchev–Trinajstić information content (AvgIpc) is 3.01. The van der Waals surface area contributed by atoms with Crippen LogP contribution in [0.3, 0.4) is 0 Å². The van der Waals surface area contributed by atoms with Gasteiger partial charge in [0.1, 0.15) is 5.69 Å². The molecule has 9 nitrogen and oxygen atoms in total. The van der Waals surface area contributed by atoms with Crippen molar-refractivity contribution in [2.45, 2.75) is 19.4 Å². The number of nitrogens with one attached hydrogen (secondary N) is 2. The van der Waals surface area contributed by atoms with E-state index in [1.165, 1.54) is 16.9 Å². The Balaban J connectivity index is 1.76. The number of carbonyl (C=O) groups is 1. The maximum Gasteiger partial charge on any atom is 0.292 e. The average molecular weight is 347 g/mol. The molecule has 0 aliphatic heterocycles. The molecule has 1 atom stereocenters. The summed E-state index contributed by atoms with van der Waals surface area (Å²) in [6.07, 6.45) is 2.29. The summed E-state index contributed by atoms with van der Waals surface area (Å²) in [7, 11) is 1.70. The van der Waals surface area contributed by atoms with Crippen molar-refractivity contribution < 1.29 is 14.8 Å². The summed E-state index contributed by atoms with van der Waals surface area (Å²) in [6.45, 7) is 2.58. The highest BCUT2D eigenvalue weighted by Crippen LogP contribution is 2.25. The van der Waals surface area contributed by atoms with Crippen molar-refractivity contribution in [2.24, 2.45) is 7.05 Å². The van der Waals surface area contributed by atoms with E-state index < -0.39 is 16.9 Å². The molecule has 134 valence electrons. The third kappa shape index (κ3) is 5.01. The van der Waals surface area contributed by atoms with Gasteiger partial charge in [-0.2, -0.15) is 5.10 Å². The van der Waals surface area contributed by atoms with E-state index >= 15 is 0 Å². The van der Waals surface area contributed by atoms with E-state index in [-0.39, 0.29) is 5.69 Å². The third-order valence-corrected chi connectivity index (χ3v) is 3.61. The zero-order valence-electron chi connectivity index (χ0n) is 14.1. The maximum atomic E-state index is 11.9. The normalized spacial score (nSPS) is 11.8. The van der Waals surface area contributed by atoms with Gasteiger partial charge in [0.25, 0.3) is 11.6 Å². The molecule has 0 bridgehead atoms. The molecular weight excluding hydrogens is 326 g/mol. The Hall–Kier alpha value is -2.94. The van der Waals surface area contributed by atoms with Gasteiger partial charge in [0.05, 0.1) is 11.1 Å². The summed E-state index contributed by atoms with van der Waals surface area (Å²) in [5.41, 5.74) is 1.70. The van der Waals surface area contributed by atoms with E-state index in [2.05, 4.69) is 15.7 Å². The molecule has 1 aromatic carbocycles. The largest absolute Gasteiger partial charge is 0.379 e.